The van der Waals surface area contributed by atoms with E-state index in [1.54, 1.807) is 7.11 Å². The third kappa shape index (κ3) is 6.30. The number of ether oxygens (including phenoxy) is 3. The van der Waals surface area contributed by atoms with Crippen molar-refractivity contribution in [3.8, 4) is 5.75 Å². The van der Waals surface area contributed by atoms with E-state index in [2.05, 4.69) is 13.0 Å². The van der Waals surface area contributed by atoms with Gasteiger partial charge < -0.3 is 14.2 Å². The predicted molar refractivity (Wildman–Crippen MR) is 77.1 cm³/mol. The Hall–Kier alpha value is -1.48. The predicted octanol–water partition coefficient (Wildman–Crippen LogP) is 4.15. The molecule has 0 spiro atoms. The molecule has 0 radical (unpaired) electrons. The summed E-state index contributed by atoms with van der Waals surface area (Å²) in [7, 11) is 1.71. The Balaban J connectivity index is 2.46. The van der Waals surface area contributed by atoms with E-state index in [1.807, 2.05) is 44.2 Å². The van der Waals surface area contributed by atoms with Crippen molar-refractivity contribution in [1.29, 1.82) is 0 Å². The average Bonchev–Trinajstić information content (AvgIpc) is 2.44. The fourth-order valence-electron chi connectivity index (χ4n) is 1.60. The molecule has 0 aliphatic rings. The molecule has 19 heavy (non-hydrogen) atoms. The Labute approximate surface area is 116 Å². The molecule has 3 nitrogen and oxygen atoms in total. The Kier molecular flexibility index (Phi) is 7.04. The van der Waals surface area contributed by atoms with Crippen LogP contribution in [0.4, 0.5) is 0 Å². The Morgan fingerprint density at radius 2 is 1.89 bits per heavy atom. The number of rotatable bonds is 8. The van der Waals surface area contributed by atoms with Crippen molar-refractivity contribution in [1.82, 2.24) is 0 Å². The van der Waals surface area contributed by atoms with Gasteiger partial charge in [-0.15, -0.1) is 0 Å². The maximum atomic E-state index is 5.78. The fourth-order valence-corrected chi connectivity index (χ4v) is 1.60. The summed E-state index contributed by atoms with van der Waals surface area (Å²) in [4.78, 5) is 0. The second-order valence-electron chi connectivity index (χ2n) is 4.42. The molecule has 0 N–H and O–H groups in total. The quantitative estimate of drug-likeness (QED) is 0.521. The van der Waals surface area contributed by atoms with Crippen molar-refractivity contribution in [3.05, 3.63) is 42.2 Å². The van der Waals surface area contributed by atoms with E-state index in [0.717, 1.165) is 24.4 Å². The van der Waals surface area contributed by atoms with Crippen LogP contribution in [0.25, 0.3) is 0 Å². The van der Waals surface area contributed by atoms with Gasteiger partial charge in [0, 0.05) is 20.5 Å². The zero-order valence-corrected chi connectivity index (χ0v) is 12.3. The number of hydrogen-bond acceptors (Lipinski definition) is 3. The molecule has 0 aliphatic heterocycles. The number of allylic oxidation sites excluding steroid dienone is 1. The van der Waals surface area contributed by atoms with E-state index in [4.69, 9.17) is 14.2 Å². The maximum Gasteiger partial charge on any atom is 0.237 e. The molecule has 1 aromatic rings. The van der Waals surface area contributed by atoms with E-state index in [1.165, 1.54) is 0 Å². The highest BCUT2D eigenvalue weighted by Crippen LogP contribution is 2.15. The van der Waals surface area contributed by atoms with E-state index in [9.17, 15) is 0 Å². The molecule has 1 rings (SSSR count). The van der Waals surface area contributed by atoms with Crippen LogP contribution in [0.1, 0.15) is 33.6 Å². The van der Waals surface area contributed by atoms with Gasteiger partial charge in [-0.3, -0.25) is 0 Å². The fraction of sp³-hybridized carbons (Fsp3) is 0.500. The van der Waals surface area contributed by atoms with Gasteiger partial charge in [-0.25, -0.2) is 0 Å². The standard InChI is InChI=1S/C16H24O3/c1-5-15(12-11-13(2)17-4)18-14(3)19-16-9-7-6-8-10-16/h6-10,12-14H,5,11H2,1-4H3. The van der Waals surface area contributed by atoms with Gasteiger partial charge in [-0.1, -0.05) is 25.1 Å². The summed E-state index contributed by atoms with van der Waals surface area (Å²) in [6, 6.07) is 9.68. The van der Waals surface area contributed by atoms with Crippen LogP contribution < -0.4 is 4.74 Å². The first-order chi connectivity index (χ1) is 9.15. The smallest absolute Gasteiger partial charge is 0.237 e. The van der Waals surface area contributed by atoms with E-state index >= 15 is 0 Å². The van der Waals surface area contributed by atoms with Gasteiger partial charge in [0.05, 0.1) is 11.9 Å². The number of methoxy groups -OCH3 is 1. The Morgan fingerprint density at radius 3 is 2.47 bits per heavy atom. The minimum atomic E-state index is -0.300. The van der Waals surface area contributed by atoms with E-state index in [-0.39, 0.29) is 12.4 Å². The van der Waals surface area contributed by atoms with Gasteiger partial charge in [0.25, 0.3) is 0 Å². The van der Waals surface area contributed by atoms with Crippen molar-refractivity contribution in [2.75, 3.05) is 7.11 Å². The van der Waals surface area contributed by atoms with Gasteiger partial charge in [0.1, 0.15) is 5.75 Å². The molecule has 0 aliphatic carbocycles. The third-order valence-electron chi connectivity index (χ3n) is 2.79. The second-order valence-corrected chi connectivity index (χ2v) is 4.42. The second kappa shape index (κ2) is 8.59. The number of benzene rings is 1. The van der Waals surface area contributed by atoms with E-state index in [0.29, 0.717) is 0 Å². The molecule has 106 valence electrons. The SMILES string of the molecule is CCC(=CCC(C)OC)OC(C)Oc1ccccc1. The summed E-state index contributed by atoms with van der Waals surface area (Å²) in [5.41, 5.74) is 0. The molecular weight excluding hydrogens is 240 g/mol. The lowest BCUT2D eigenvalue weighted by molar-refractivity contribution is -0.0322. The van der Waals surface area contributed by atoms with Crippen molar-refractivity contribution in [2.45, 2.75) is 46.0 Å². The summed E-state index contributed by atoms with van der Waals surface area (Å²) < 4.78 is 16.7. The van der Waals surface area contributed by atoms with Gasteiger partial charge in [0.2, 0.25) is 6.29 Å². The van der Waals surface area contributed by atoms with Crippen molar-refractivity contribution in [3.63, 3.8) is 0 Å². The molecule has 0 saturated heterocycles. The molecule has 0 bridgehead atoms. The zero-order chi connectivity index (χ0) is 14.1. The molecule has 0 heterocycles. The van der Waals surface area contributed by atoms with E-state index < -0.39 is 0 Å². The summed E-state index contributed by atoms with van der Waals surface area (Å²) in [6.45, 7) is 6.00. The van der Waals surface area contributed by atoms with Gasteiger partial charge in [-0.2, -0.15) is 0 Å². The number of hydrogen-bond donors (Lipinski definition) is 0. The Morgan fingerprint density at radius 1 is 1.21 bits per heavy atom. The number of para-hydroxylation sites is 1. The highest BCUT2D eigenvalue weighted by atomic mass is 16.7. The molecule has 2 atom stereocenters. The Bertz CT molecular complexity index is 373. The summed E-state index contributed by atoms with van der Waals surface area (Å²) >= 11 is 0. The van der Waals surface area contributed by atoms with Crippen LogP contribution in [0.5, 0.6) is 5.75 Å². The van der Waals surface area contributed by atoms with Gasteiger partial charge >= 0.3 is 0 Å². The average molecular weight is 264 g/mol. The molecule has 2 unspecified atom stereocenters. The van der Waals surface area contributed by atoms with Crippen LogP contribution in [0, 0.1) is 0 Å². The highest BCUT2D eigenvalue weighted by molar-refractivity contribution is 5.21. The van der Waals surface area contributed by atoms with Crippen LogP contribution in [0.15, 0.2) is 42.2 Å². The van der Waals surface area contributed by atoms with Crippen LogP contribution in [0.3, 0.4) is 0 Å². The van der Waals surface area contributed by atoms with Crippen molar-refractivity contribution < 1.29 is 14.2 Å². The summed E-state index contributed by atoms with van der Waals surface area (Å²) in [5, 5.41) is 0. The molecule has 0 saturated carbocycles. The van der Waals surface area contributed by atoms with Gasteiger partial charge in [0.15, 0.2) is 0 Å². The third-order valence-corrected chi connectivity index (χ3v) is 2.79. The molecule has 0 amide bonds. The summed E-state index contributed by atoms with van der Waals surface area (Å²) in [6.07, 6.45) is 3.66. The lowest BCUT2D eigenvalue weighted by Gasteiger charge is -2.18. The van der Waals surface area contributed by atoms with Gasteiger partial charge in [-0.05, 0) is 31.6 Å². The highest BCUT2D eigenvalue weighted by Gasteiger charge is 2.07. The normalized spacial score (nSPS) is 14.8. The first kappa shape index (κ1) is 15.6. The molecule has 1 aromatic carbocycles. The van der Waals surface area contributed by atoms with Crippen LogP contribution >= 0.6 is 0 Å². The topological polar surface area (TPSA) is 27.7 Å². The monoisotopic (exact) mass is 264 g/mol. The maximum absolute atomic E-state index is 5.78. The molecular formula is C16H24O3. The largest absolute Gasteiger partial charge is 0.460 e. The first-order valence-electron chi connectivity index (χ1n) is 6.75. The first-order valence-corrected chi connectivity index (χ1v) is 6.75. The van der Waals surface area contributed by atoms with Crippen LogP contribution in [-0.2, 0) is 9.47 Å². The minimum Gasteiger partial charge on any atom is -0.460 e. The molecule has 3 heteroatoms. The zero-order valence-electron chi connectivity index (χ0n) is 12.3. The minimum absolute atomic E-state index is 0.204. The van der Waals surface area contributed by atoms with Crippen LogP contribution in [-0.4, -0.2) is 19.5 Å². The lowest BCUT2D eigenvalue weighted by Crippen LogP contribution is -2.16. The lowest BCUT2D eigenvalue weighted by atomic mass is 10.2. The van der Waals surface area contributed by atoms with Crippen LogP contribution in [0.2, 0.25) is 0 Å². The van der Waals surface area contributed by atoms with Crippen molar-refractivity contribution >= 4 is 0 Å². The summed E-state index contributed by atoms with van der Waals surface area (Å²) in [5.74, 6) is 1.75. The molecule has 0 aromatic heterocycles. The van der Waals surface area contributed by atoms with Crippen molar-refractivity contribution in [2.24, 2.45) is 0 Å². The molecule has 0 fully saturated rings.